The first-order valence-corrected chi connectivity index (χ1v) is 10.6. The largest absolute Gasteiger partial charge is 0.356 e. The zero-order chi connectivity index (χ0) is 21.8. The average molecular weight is 425 g/mol. The topological polar surface area (TPSA) is 65.2 Å². The van der Waals surface area contributed by atoms with E-state index < -0.39 is 6.04 Å². The van der Waals surface area contributed by atoms with Crippen molar-refractivity contribution in [3.63, 3.8) is 0 Å². The fourth-order valence-electron chi connectivity index (χ4n) is 5.05. The standard InChI is InChI=1S/C26H20FN3O2/c27-16-11-9-15(10-12-16)14-28-25(31)22-13-20-17-5-3-4-8-21(17)29-23(20)24-18-6-1-2-7-19(18)26(32)30(22)24/h1-12,22,24,29H,13-14H2,(H,28,31)/t22-,24-/m0/s1. The fourth-order valence-corrected chi connectivity index (χ4v) is 5.05. The summed E-state index contributed by atoms with van der Waals surface area (Å²) in [7, 11) is 0. The second-order valence-corrected chi connectivity index (χ2v) is 8.33. The fraction of sp³-hybridized carbons (Fsp3) is 0.154. The van der Waals surface area contributed by atoms with Gasteiger partial charge in [0.1, 0.15) is 11.9 Å². The molecule has 6 rings (SSSR count). The summed E-state index contributed by atoms with van der Waals surface area (Å²) in [5.41, 5.74) is 5.42. The molecule has 0 saturated heterocycles. The van der Waals surface area contributed by atoms with E-state index in [9.17, 15) is 14.0 Å². The smallest absolute Gasteiger partial charge is 0.255 e. The van der Waals surface area contributed by atoms with Crippen molar-refractivity contribution in [1.82, 2.24) is 15.2 Å². The first kappa shape index (κ1) is 18.8. The van der Waals surface area contributed by atoms with Gasteiger partial charge >= 0.3 is 0 Å². The molecule has 2 amide bonds. The molecule has 6 heteroatoms. The van der Waals surface area contributed by atoms with E-state index in [-0.39, 0.29) is 30.2 Å². The van der Waals surface area contributed by atoms with Crippen molar-refractivity contribution < 1.29 is 14.0 Å². The first-order chi connectivity index (χ1) is 15.6. The number of carbonyl (C=O) groups is 2. The highest BCUT2D eigenvalue weighted by Gasteiger charge is 2.48. The summed E-state index contributed by atoms with van der Waals surface area (Å²) >= 11 is 0. The number of fused-ring (bicyclic) bond motifs is 7. The lowest BCUT2D eigenvalue weighted by Gasteiger charge is -2.37. The lowest BCUT2D eigenvalue weighted by Crippen LogP contribution is -2.52. The lowest BCUT2D eigenvalue weighted by molar-refractivity contribution is -0.126. The zero-order valence-electron chi connectivity index (χ0n) is 17.1. The van der Waals surface area contributed by atoms with Gasteiger partial charge in [0.15, 0.2) is 0 Å². The van der Waals surface area contributed by atoms with Crippen molar-refractivity contribution in [2.24, 2.45) is 0 Å². The molecule has 32 heavy (non-hydrogen) atoms. The number of halogens is 1. The average Bonchev–Trinajstić information content (AvgIpc) is 3.34. The van der Waals surface area contributed by atoms with Crippen LogP contribution in [0.15, 0.2) is 72.8 Å². The van der Waals surface area contributed by atoms with Crippen molar-refractivity contribution in [2.45, 2.75) is 25.0 Å². The summed E-state index contributed by atoms with van der Waals surface area (Å²) in [6.07, 6.45) is 0.435. The Labute approximate surface area is 183 Å². The van der Waals surface area contributed by atoms with Crippen LogP contribution in [-0.4, -0.2) is 27.7 Å². The van der Waals surface area contributed by atoms with E-state index in [4.69, 9.17) is 0 Å². The third kappa shape index (κ3) is 2.76. The molecule has 0 fully saturated rings. The number of H-pyrrole nitrogens is 1. The molecule has 5 nitrogen and oxygen atoms in total. The highest BCUT2D eigenvalue weighted by atomic mass is 19.1. The summed E-state index contributed by atoms with van der Waals surface area (Å²) in [6.45, 7) is 0.274. The predicted molar refractivity (Wildman–Crippen MR) is 118 cm³/mol. The molecule has 0 aliphatic carbocycles. The summed E-state index contributed by atoms with van der Waals surface area (Å²) in [5, 5.41) is 4.03. The molecule has 2 atom stereocenters. The van der Waals surface area contributed by atoms with E-state index in [1.54, 1.807) is 17.0 Å². The van der Waals surface area contributed by atoms with Crippen LogP contribution in [0.1, 0.15) is 38.8 Å². The van der Waals surface area contributed by atoms with Gasteiger partial charge in [0.25, 0.3) is 5.91 Å². The van der Waals surface area contributed by atoms with Crippen molar-refractivity contribution in [2.75, 3.05) is 0 Å². The molecule has 0 bridgehead atoms. The Morgan fingerprint density at radius 3 is 2.62 bits per heavy atom. The van der Waals surface area contributed by atoms with Gasteiger partial charge in [0.2, 0.25) is 5.91 Å². The molecule has 2 N–H and O–H groups in total. The molecular weight excluding hydrogens is 405 g/mol. The minimum Gasteiger partial charge on any atom is -0.356 e. The van der Waals surface area contributed by atoms with Crippen LogP contribution in [0, 0.1) is 5.82 Å². The van der Waals surface area contributed by atoms with E-state index in [2.05, 4.69) is 16.4 Å². The second-order valence-electron chi connectivity index (χ2n) is 8.33. The summed E-state index contributed by atoms with van der Waals surface area (Å²) < 4.78 is 13.2. The number of rotatable bonds is 3. The maximum absolute atomic E-state index is 13.4. The van der Waals surface area contributed by atoms with Crippen molar-refractivity contribution in [3.05, 3.63) is 107 Å². The van der Waals surface area contributed by atoms with Gasteiger partial charge in [0, 0.05) is 35.1 Å². The Balaban J connectivity index is 1.41. The molecule has 158 valence electrons. The monoisotopic (exact) mass is 425 g/mol. The number of aromatic amines is 1. The van der Waals surface area contributed by atoms with Gasteiger partial charge in [-0.15, -0.1) is 0 Å². The van der Waals surface area contributed by atoms with E-state index in [1.807, 2.05) is 42.5 Å². The van der Waals surface area contributed by atoms with Crippen LogP contribution in [-0.2, 0) is 17.8 Å². The Bertz CT molecular complexity index is 1380. The minimum absolute atomic E-state index is 0.128. The quantitative estimate of drug-likeness (QED) is 0.519. The maximum Gasteiger partial charge on any atom is 0.255 e. The van der Waals surface area contributed by atoms with Gasteiger partial charge in [-0.1, -0.05) is 48.5 Å². The molecule has 3 heterocycles. The van der Waals surface area contributed by atoms with Crippen LogP contribution in [0.3, 0.4) is 0 Å². The first-order valence-electron chi connectivity index (χ1n) is 10.6. The van der Waals surface area contributed by atoms with Gasteiger partial charge in [0.05, 0.1) is 6.04 Å². The van der Waals surface area contributed by atoms with Crippen LogP contribution in [0.4, 0.5) is 4.39 Å². The number of para-hydroxylation sites is 1. The Morgan fingerprint density at radius 2 is 1.78 bits per heavy atom. The zero-order valence-corrected chi connectivity index (χ0v) is 17.1. The summed E-state index contributed by atoms with van der Waals surface area (Å²) in [5.74, 6) is -0.657. The van der Waals surface area contributed by atoms with E-state index >= 15 is 0 Å². The number of aromatic nitrogens is 1. The normalized spacial score (nSPS) is 18.9. The molecular formula is C26H20FN3O2. The molecule has 0 saturated carbocycles. The van der Waals surface area contributed by atoms with Crippen molar-refractivity contribution >= 4 is 22.7 Å². The summed E-state index contributed by atoms with van der Waals surface area (Å²) in [6, 6.07) is 20.7. The highest BCUT2D eigenvalue weighted by molar-refractivity contribution is 6.03. The highest BCUT2D eigenvalue weighted by Crippen LogP contribution is 2.46. The number of amides is 2. The SMILES string of the molecule is O=C(NCc1ccc(F)cc1)[C@@H]1Cc2c([nH]c3ccccc23)[C@@H]2c3ccccc3C(=O)N21. The molecule has 0 spiro atoms. The number of hydrogen-bond acceptors (Lipinski definition) is 2. The number of carbonyl (C=O) groups excluding carboxylic acids is 2. The lowest BCUT2D eigenvalue weighted by atomic mass is 9.90. The van der Waals surface area contributed by atoms with Crippen LogP contribution in [0.25, 0.3) is 10.9 Å². The third-order valence-electron chi connectivity index (χ3n) is 6.53. The Morgan fingerprint density at radius 1 is 1.03 bits per heavy atom. The number of benzene rings is 3. The molecule has 0 radical (unpaired) electrons. The van der Waals surface area contributed by atoms with Gasteiger partial charge in [-0.05, 0) is 41.0 Å². The van der Waals surface area contributed by atoms with Gasteiger partial charge in [-0.25, -0.2) is 4.39 Å². The predicted octanol–water partition coefficient (Wildman–Crippen LogP) is 4.09. The molecule has 3 aromatic carbocycles. The third-order valence-corrected chi connectivity index (χ3v) is 6.53. The van der Waals surface area contributed by atoms with E-state index in [1.165, 1.54) is 12.1 Å². The molecule has 1 aromatic heterocycles. The number of nitrogens with one attached hydrogen (secondary N) is 2. The van der Waals surface area contributed by atoms with Crippen LogP contribution >= 0.6 is 0 Å². The van der Waals surface area contributed by atoms with Gasteiger partial charge < -0.3 is 15.2 Å². The molecule has 2 aliphatic rings. The number of hydrogen-bond donors (Lipinski definition) is 2. The Kier molecular flexibility index (Phi) is 4.15. The Hall–Kier alpha value is -3.93. The molecule has 2 aliphatic heterocycles. The second kappa shape index (κ2) is 7.05. The van der Waals surface area contributed by atoms with Crippen molar-refractivity contribution in [1.29, 1.82) is 0 Å². The van der Waals surface area contributed by atoms with Crippen LogP contribution in [0.2, 0.25) is 0 Å². The summed E-state index contributed by atoms with van der Waals surface area (Å²) in [4.78, 5) is 32.0. The van der Waals surface area contributed by atoms with Crippen molar-refractivity contribution in [3.8, 4) is 0 Å². The van der Waals surface area contributed by atoms with Crippen LogP contribution < -0.4 is 5.32 Å². The molecule has 0 unspecified atom stereocenters. The molecule has 4 aromatic rings. The van der Waals surface area contributed by atoms with Crippen LogP contribution in [0.5, 0.6) is 0 Å². The van der Waals surface area contributed by atoms with E-state index in [0.717, 1.165) is 33.3 Å². The van der Waals surface area contributed by atoms with E-state index in [0.29, 0.717) is 12.0 Å². The van der Waals surface area contributed by atoms with Gasteiger partial charge in [-0.2, -0.15) is 0 Å². The number of nitrogens with zero attached hydrogens (tertiary/aromatic N) is 1. The maximum atomic E-state index is 13.4. The van der Waals surface area contributed by atoms with Gasteiger partial charge in [-0.3, -0.25) is 9.59 Å². The minimum atomic E-state index is -0.632.